The maximum atomic E-state index is 11.7. The molecule has 1 aromatic carbocycles. The third-order valence-corrected chi connectivity index (χ3v) is 4.13. The van der Waals surface area contributed by atoms with E-state index in [4.69, 9.17) is 4.74 Å². The van der Waals surface area contributed by atoms with E-state index in [1.54, 1.807) is 11.8 Å². The molecular formula is C15H22N2O2S. The summed E-state index contributed by atoms with van der Waals surface area (Å²) in [6.07, 6.45) is 1.89. The van der Waals surface area contributed by atoms with E-state index >= 15 is 0 Å². The zero-order valence-corrected chi connectivity index (χ0v) is 12.7. The van der Waals surface area contributed by atoms with Crippen LogP contribution in [0.3, 0.4) is 0 Å². The Morgan fingerprint density at radius 1 is 1.40 bits per heavy atom. The van der Waals surface area contributed by atoms with Gasteiger partial charge in [0.1, 0.15) is 5.75 Å². The molecule has 0 radical (unpaired) electrons. The highest BCUT2D eigenvalue weighted by atomic mass is 32.2. The molecule has 0 bridgehead atoms. The maximum absolute atomic E-state index is 11.7. The number of amides is 1. The third kappa shape index (κ3) is 5.06. The van der Waals surface area contributed by atoms with Crippen LogP contribution in [0.25, 0.3) is 0 Å². The van der Waals surface area contributed by atoms with Gasteiger partial charge in [-0.1, -0.05) is 17.7 Å². The van der Waals surface area contributed by atoms with E-state index < -0.39 is 0 Å². The fourth-order valence-electron chi connectivity index (χ4n) is 1.95. The summed E-state index contributed by atoms with van der Waals surface area (Å²) in [5.41, 5.74) is 1.23. The average molecular weight is 294 g/mol. The Morgan fingerprint density at radius 2 is 2.20 bits per heavy atom. The van der Waals surface area contributed by atoms with Crippen molar-refractivity contribution in [1.29, 1.82) is 0 Å². The first-order valence-corrected chi connectivity index (χ1v) is 8.19. The summed E-state index contributed by atoms with van der Waals surface area (Å²) >= 11 is 1.76. The van der Waals surface area contributed by atoms with E-state index in [2.05, 4.69) is 17.6 Å². The van der Waals surface area contributed by atoms with Crippen LogP contribution in [0.4, 0.5) is 0 Å². The van der Waals surface area contributed by atoms with Gasteiger partial charge in [-0.3, -0.25) is 10.1 Å². The Kier molecular flexibility index (Phi) is 6.21. The van der Waals surface area contributed by atoms with Gasteiger partial charge in [0, 0.05) is 18.2 Å². The van der Waals surface area contributed by atoms with Gasteiger partial charge in [-0.05, 0) is 31.9 Å². The van der Waals surface area contributed by atoms with Crippen molar-refractivity contribution in [1.82, 2.24) is 10.6 Å². The van der Waals surface area contributed by atoms with Crippen molar-refractivity contribution in [2.45, 2.75) is 25.8 Å². The van der Waals surface area contributed by atoms with Crippen molar-refractivity contribution in [3.05, 3.63) is 29.8 Å². The monoisotopic (exact) mass is 294 g/mol. The van der Waals surface area contributed by atoms with Gasteiger partial charge in [0.25, 0.3) is 0 Å². The van der Waals surface area contributed by atoms with E-state index in [-0.39, 0.29) is 11.9 Å². The van der Waals surface area contributed by atoms with Gasteiger partial charge in [-0.2, -0.15) is 0 Å². The minimum Gasteiger partial charge on any atom is -0.494 e. The number of hydrogen-bond donors (Lipinski definition) is 2. The summed E-state index contributed by atoms with van der Waals surface area (Å²) in [5.74, 6) is 2.78. The van der Waals surface area contributed by atoms with Crippen LogP contribution in [-0.2, 0) is 4.79 Å². The summed E-state index contributed by atoms with van der Waals surface area (Å²) in [6, 6.07) is 8.05. The number of hydrogen-bond acceptors (Lipinski definition) is 4. The van der Waals surface area contributed by atoms with Crippen molar-refractivity contribution in [3.63, 3.8) is 0 Å². The van der Waals surface area contributed by atoms with Crippen LogP contribution in [0.5, 0.6) is 5.75 Å². The number of aryl methyl sites for hydroxylation is 1. The Hall–Kier alpha value is -1.20. The molecule has 0 aromatic heterocycles. The molecule has 5 heteroatoms. The standard InChI is InChI=1S/C15H22N2O2S/c1-12-4-6-13(7-5-12)19-9-3-2-8-16-15(18)14-10-20-11-17-14/h4-7,14,17H,2-3,8-11H2,1H3,(H,16,18). The molecule has 0 saturated carbocycles. The second-order valence-electron chi connectivity index (χ2n) is 4.93. The predicted molar refractivity (Wildman–Crippen MR) is 83.2 cm³/mol. The maximum Gasteiger partial charge on any atom is 0.238 e. The van der Waals surface area contributed by atoms with E-state index in [9.17, 15) is 4.79 Å². The molecule has 20 heavy (non-hydrogen) atoms. The number of benzene rings is 1. The first-order valence-electron chi connectivity index (χ1n) is 7.04. The Morgan fingerprint density at radius 3 is 2.90 bits per heavy atom. The molecule has 110 valence electrons. The number of rotatable bonds is 7. The van der Waals surface area contributed by atoms with E-state index in [1.807, 2.05) is 24.3 Å². The van der Waals surface area contributed by atoms with Crippen LogP contribution in [0.1, 0.15) is 18.4 Å². The fraction of sp³-hybridized carbons (Fsp3) is 0.533. The third-order valence-electron chi connectivity index (χ3n) is 3.19. The molecule has 1 atom stereocenters. The zero-order chi connectivity index (χ0) is 14.2. The van der Waals surface area contributed by atoms with Gasteiger partial charge in [-0.25, -0.2) is 0 Å². The Bertz CT molecular complexity index is 416. The molecule has 1 aromatic rings. The number of carbonyl (C=O) groups is 1. The summed E-state index contributed by atoms with van der Waals surface area (Å²) in [6.45, 7) is 3.47. The summed E-state index contributed by atoms with van der Waals surface area (Å²) in [4.78, 5) is 11.7. The second kappa shape index (κ2) is 8.17. The van der Waals surface area contributed by atoms with Crippen LogP contribution in [0, 0.1) is 6.92 Å². The zero-order valence-electron chi connectivity index (χ0n) is 11.9. The number of nitrogens with one attached hydrogen (secondary N) is 2. The lowest BCUT2D eigenvalue weighted by Gasteiger charge is -2.10. The molecule has 0 spiro atoms. The van der Waals surface area contributed by atoms with Crippen LogP contribution >= 0.6 is 11.8 Å². The first kappa shape index (κ1) is 15.2. The van der Waals surface area contributed by atoms with E-state index in [0.717, 1.165) is 36.8 Å². The SMILES string of the molecule is Cc1ccc(OCCCCNC(=O)C2CSCN2)cc1. The van der Waals surface area contributed by atoms with Gasteiger partial charge in [0.15, 0.2) is 0 Å². The van der Waals surface area contributed by atoms with Gasteiger partial charge >= 0.3 is 0 Å². The van der Waals surface area contributed by atoms with Crippen LogP contribution in [0.2, 0.25) is 0 Å². The van der Waals surface area contributed by atoms with Crippen LogP contribution in [0.15, 0.2) is 24.3 Å². The number of thioether (sulfide) groups is 1. The molecule has 4 nitrogen and oxygen atoms in total. The molecule has 2 N–H and O–H groups in total. The number of carbonyl (C=O) groups excluding carboxylic acids is 1. The lowest BCUT2D eigenvalue weighted by molar-refractivity contribution is -0.122. The van der Waals surface area contributed by atoms with Crippen molar-refractivity contribution in [2.24, 2.45) is 0 Å². The molecule has 2 rings (SSSR count). The predicted octanol–water partition coefficient (Wildman–Crippen LogP) is 1.93. The normalized spacial score (nSPS) is 17.9. The smallest absolute Gasteiger partial charge is 0.238 e. The van der Waals surface area contributed by atoms with E-state index in [0.29, 0.717) is 6.61 Å². The topological polar surface area (TPSA) is 50.4 Å². The molecule has 1 heterocycles. The highest BCUT2D eigenvalue weighted by Gasteiger charge is 2.21. The number of unbranched alkanes of at least 4 members (excludes halogenated alkanes) is 1. The molecule has 1 fully saturated rings. The van der Waals surface area contributed by atoms with Gasteiger partial charge < -0.3 is 10.1 Å². The van der Waals surface area contributed by atoms with Gasteiger partial charge in [0.05, 0.1) is 12.6 Å². The lowest BCUT2D eigenvalue weighted by atomic mass is 10.2. The Labute approximate surface area is 124 Å². The summed E-state index contributed by atoms with van der Waals surface area (Å²) in [7, 11) is 0. The first-order chi connectivity index (χ1) is 9.75. The molecule has 1 unspecified atom stereocenters. The molecule has 1 saturated heterocycles. The molecule has 1 aliphatic rings. The van der Waals surface area contributed by atoms with Gasteiger partial charge in [-0.15, -0.1) is 11.8 Å². The van der Waals surface area contributed by atoms with Crippen LogP contribution in [-0.4, -0.2) is 36.7 Å². The van der Waals surface area contributed by atoms with Crippen molar-refractivity contribution in [3.8, 4) is 5.75 Å². The second-order valence-corrected chi connectivity index (χ2v) is 5.96. The van der Waals surface area contributed by atoms with Crippen molar-refractivity contribution >= 4 is 17.7 Å². The molecule has 1 amide bonds. The van der Waals surface area contributed by atoms with Crippen molar-refractivity contribution < 1.29 is 9.53 Å². The molecule has 1 aliphatic heterocycles. The lowest BCUT2D eigenvalue weighted by Crippen LogP contribution is -2.42. The van der Waals surface area contributed by atoms with Gasteiger partial charge in [0.2, 0.25) is 5.91 Å². The fourth-order valence-corrected chi connectivity index (χ4v) is 2.89. The quantitative estimate of drug-likeness (QED) is 0.755. The average Bonchev–Trinajstić information content (AvgIpc) is 2.98. The minimum atomic E-state index is -0.0104. The van der Waals surface area contributed by atoms with E-state index in [1.165, 1.54) is 5.56 Å². The molecular weight excluding hydrogens is 272 g/mol. The minimum absolute atomic E-state index is 0.0104. The highest BCUT2D eigenvalue weighted by molar-refractivity contribution is 7.99. The number of ether oxygens (including phenoxy) is 1. The van der Waals surface area contributed by atoms with Crippen molar-refractivity contribution in [2.75, 3.05) is 24.8 Å². The molecule has 0 aliphatic carbocycles. The summed E-state index contributed by atoms with van der Waals surface area (Å²) in [5, 5.41) is 6.12. The largest absolute Gasteiger partial charge is 0.494 e. The highest BCUT2D eigenvalue weighted by Crippen LogP contribution is 2.12. The Balaban J connectivity index is 1.51. The van der Waals surface area contributed by atoms with Crippen LogP contribution < -0.4 is 15.4 Å². The summed E-state index contributed by atoms with van der Waals surface area (Å²) < 4.78 is 5.64.